The monoisotopic (exact) mass is 238 g/mol. The first-order valence-electron chi connectivity index (χ1n) is 6.93. The number of rotatable bonds is 2. The molecule has 2 nitrogen and oxygen atoms in total. The molecule has 0 heterocycles. The third kappa shape index (κ3) is 1.97. The number of hydrogen-bond donors (Lipinski definition) is 0. The van der Waals surface area contributed by atoms with Crippen molar-refractivity contribution in [1.29, 1.82) is 10.5 Å². The maximum absolute atomic E-state index is 8.71. The van der Waals surface area contributed by atoms with Crippen molar-refractivity contribution in [2.45, 2.75) is 38.5 Å². The van der Waals surface area contributed by atoms with Crippen molar-refractivity contribution in [1.82, 2.24) is 0 Å². The number of nitrogens with zero attached hydrogens (tertiary/aromatic N) is 2. The van der Waals surface area contributed by atoms with Gasteiger partial charge in [-0.05, 0) is 67.8 Å². The Balaban J connectivity index is 1.77. The molecule has 4 rings (SSSR count). The minimum absolute atomic E-state index is 0.205. The van der Waals surface area contributed by atoms with E-state index in [1.54, 1.807) is 6.08 Å². The van der Waals surface area contributed by atoms with Crippen LogP contribution in [0.3, 0.4) is 0 Å². The molecule has 0 aromatic carbocycles. The third-order valence-corrected chi connectivity index (χ3v) is 5.04. The Labute approximate surface area is 109 Å². The summed E-state index contributed by atoms with van der Waals surface area (Å²) in [5.41, 5.74) is 0.595. The second-order valence-electron chi connectivity index (χ2n) is 6.44. The maximum atomic E-state index is 8.71. The minimum atomic E-state index is 0.205. The van der Waals surface area contributed by atoms with Crippen LogP contribution in [0.25, 0.3) is 0 Å². The van der Waals surface area contributed by atoms with Crippen LogP contribution in [0.5, 0.6) is 0 Å². The quantitative estimate of drug-likeness (QED) is 0.543. The summed E-state index contributed by atoms with van der Waals surface area (Å²) in [6, 6.07) is 3.82. The van der Waals surface area contributed by atoms with Gasteiger partial charge in [0.2, 0.25) is 0 Å². The van der Waals surface area contributed by atoms with Crippen molar-refractivity contribution >= 4 is 0 Å². The highest BCUT2D eigenvalue weighted by Gasteiger charge is 2.49. The summed E-state index contributed by atoms with van der Waals surface area (Å²) in [7, 11) is 0. The molecule has 0 unspecified atom stereocenters. The zero-order chi connectivity index (χ0) is 12.6. The first-order chi connectivity index (χ1) is 8.73. The van der Waals surface area contributed by atoms with E-state index in [-0.39, 0.29) is 5.57 Å². The molecule has 0 radical (unpaired) electrons. The van der Waals surface area contributed by atoms with Crippen LogP contribution in [0.1, 0.15) is 38.5 Å². The fraction of sp³-hybridized carbons (Fsp3) is 0.625. The van der Waals surface area contributed by atoms with Gasteiger partial charge in [-0.15, -0.1) is 0 Å². The number of allylic oxidation sites excluding steroid dienone is 4. The molecule has 0 atom stereocenters. The molecular weight excluding hydrogens is 220 g/mol. The first-order valence-corrected chi connectivity index (χ1v) is 6.93. The lowest BCUT2D eigenvalue weighted by Crippen LogP contribution is -2.44. The van der Waals surface area contributed by atoms with Gasteiger partial charge in [-0.25, -0.2) is 0 Å². The van der Waals surface area contributed by atoms with E-state index in [0.29, 0.717) is 5.41 Å². The molecule has 4 fully saturated rings. The standard InChI is InChI=1S/C16H18N2/c17-10-12(11-18)2-1-3-16-7-13-4-14(8-16)6-15(5-13)9-16/h1-3,13-15H,4-9H2/b3-1+. The van der Waals surface area contributed by atoms with E-state index in [0.717, 1.165) is 17.8 Å². The lowest BCUT2D eigenvalue weighted by Gasteiger charge is -2.55. The molecule has 0 N–H and O–H groups in total. The predicted molar refractivity (Wildman–Crippen MR) is 69.1 cm³/mol. The summed E-state index contributed by atoms with van der Waals surface area (Å²) in [6.07, 6.45) is 14.3. The van der Waals surface area contributed by atoms with E-state index in [1.807, 2.05) is 18.2 Å². The van der Waals surface area contributed by atoms with Gasteiger partial charge in [-0.2, -0.15) is 10.5 Å². The third-order valence-electron chi connectivity index (χ3n) is 5.04. The van der Waals surface area contributed by atoms with Crippen molar-refractivity contribution in [2.24, 2.45) is 23.2 Å². The Morgan fingerprint density at radius 2 is 1.44 bits per heavy atom. The second kappa shape index (κ2) is 4.29. The largest absolute Gasteiger partial charge is 0.192 e. The van der Waals surface area contributed by atoms with Crippen molar-refractivity contribution in [3.8, 4) is 12.1 Å². The fourth-order valence-electron chi connectivity index (χ4n) is 4.83. The van der Waals surface area contributed by atoms with E-state index < -0.39 is 0 Å². The van der Waals surface area contributed by atoms with Gasteiger partial charge < -0.3 is 0 Å². The Bertz CT molecular complexity index is 433. The smallest absolute Gasteiger partial charge is 0.129 e. The van der Waals surface area contributed by atoms with Crippen LogP contribution in [-0.2, 0) is 0 Å². The van der Waals surface area contributed by atoms with Gasteiger partial charge in [0.15, 0.2) is 0 Å². The molecule has 0 saturated heterocycles. The highest BCUT2D eigenvalue weighted by Crippen LogP contribution is 2.60. The van der Waals surface area contributed by atoms with Crippen LogP contribution in [0.4, 0.5) is 0 Å². The van der Waals surface area contributed by atoms with Crippen LogP contribution in [-0.4, -0.2) is 0 Å². The summed E-state index contributed by atoms with van der Waals surface area (Å²) in [5, 5.41) is 17.4. The average molecular weight is 238 g/mol. The molecule has 4 aliphatic rings. The van der Waals surface area contributed by atoms with Gasteiger partial charge in [0, 0.05) is 0 Å². The molecule has 4 aliphatic carbocycles. The molecule has 2 heteroatoms. The summed E-state index contributed by atoms with van der Waals surface area (Å²) in [4.78, 5) is 0. The highest BCUT2D eigenvalue weighted by atomic mass is 14.5. The van der Waals surface area contributed by atoms with Gasteiger partial charge in [-0.3, -0.25) is 0 Å². The molecule has 0 spiro atoms. The zero-order valence-electron chi connectivity index (χ0n) is 10.6. The van der Waals surface area contributed by atoms with Crippen molar-refractivity contribution < 1.29 is 0 Å². The zero-order valence-corrected chi connectivity index (χ0v) is 10.6. The Kier molecular flexibility index (Phi) is 2.75. The van der Waals surface area contributed by atoms with Gasteiger partial charge >= 0.3 is 0 Å². The SMILES string of the molecule is N#CC(C#N)=C/C=C/C12CC3CC(CC(C3)C1)C2. The molecular formula is C16H18N2. The first kappa shape index (κ1) is 11.5. The summed E-state index contributed by atoms with van der Waals surface area (Å²) < 4.78 is 0. The maximum Gasteiger partial charge on any atom is 0.129 e. The molecule has 0 amide bonds. The van der Waals surface area contributed by atoms with E-state index in [9.17, 15) is 0 Å². The topological polar surface area (TPSA) is 47.6 Å². The molecule has 92 valence electrons. The van der Waals surface area contributed by atoms with Crippen LogP contribution < -0.4 is 0 Å². The van der Waals surface area contributed by atoms with Crippen LogP contribution in [0.2, 0.25) is 0 Å². The molecule has 0 aromatic heterocycles. The van der Waals surface area contributed by atoms with E-state index in [1.165, 1.54) is 38.5 Å². The van der Waals surface area contributed by atoms with Gasteiger partial charge in [-0.1, -0.05) is 12.2 Å². The number of hydrogen-bond acceptors (Lipinski definition) is 2. The lowest BCUT2D eigenvalue weighted by atomic mass is 9.49. The normalized spacial score (nSPS) is 40.4. The lowest BCUT2D eigenvalue weighted by molar-refractivity contribution is -0.0237. The highest BCUT2D eigenvalue weighted by molar-refractivity contribution is 5.38. The van der Waals surface area contributed by atoms with E-state index >= 15 is 0 Å². The van der Waals surface area contributed by atoms with E-state index in [4.69, 9.17) is 10.5 Å². The minimum Gasteiger partial charge on any atom is -0.192 e. The average Bonchev–Trinajstić information content (AvgIpc) is 2.33. The van der Waals surface area contributed by atoms with Gasteiger partial charge in [0.05, 0.1) is 0 Å². The Hall–Kier alpha value is -1.54. The molecule has 0 aromatic rings. The van der Waals surface area contributed by atoms with Crippen LogP contribution in [0, 0.1) is 45.8 Å². The summed E-state index contributed by atoms with van der Waals surface area (Å²) in [5.74, 6) is 2.82. The van der Waals surface area contributed by atoms with Crippen LogP contribution >= 0.6 is 0 Å². The van der Waals surface area contributed by atoms with Crippen molar-refractivity contribution in [3.05, 3.63) is 23.8 Å². The Morgan fingerprint density at radius 3 is 1.89 bits per heavy atom. The fourth-order valence-corrected chi connectivity index (χ4v) is 4.83. The second-order valence-corrected chi connectivity index (χ2v) is 6.44. The van der Waals surface area contributed by atoms with Gasteiger partial charge in [0.25, 0.3) is 0 Å². The molecule has 4 bridgehead atoms. The van der Waals surface area contributed by atoms with Gasteiger partial charge in [0.1, 0.15) is 17.7 Å². The summed E-state index contributed by atoms with van der Waals surface area (Å²) >= 11 is 0. The van der Waals surface area contributed by atoms with Crippen LogP contribution in [0.15, 0.2) is 23.8 Å². The van der Waals surface area contributed by atoms with Crippen molar-refractivity contribution in [3.63, 3.8) is 0 Å². The summed E-state index contributed by atoms with van der Waals surface area (Å²) in [6.45, 7) is 0. The predicted octanol–water partition coefficient (Wildman–Crippen LogP) is 3.73. The Morgan fingerprint density at radius 1 is 0.944 bits per heavy atom. The molecule has 0 aliphatic heterocycles. The molecule has 18 heavy (non-hydrogen) atoms. The van der Waals surface area contributed by atoms with Crippen molar-refractivity contribution in [2.75, 3.05) is 0 Å². The molecule has 4 saturated carbocycles. The number of nitriles is 2. The van der Waals surface area contributed by atoms with E-state index in [2.05, 4.69) is 6.08 Å².